The van der Waals surface area contributed by atoms with Crippen LogP contribution in [0.15, 0.2) is 12.4 Å². The Hall–Kier alpha value is -1.78. The van der Waals surface area contributed by atoms with Crippen LogP contribution in [-0.2, 0) is 5.54 Å². The summed E-state index contributed by atoms with van der Waals surface area (Å²) >= 11 is 0. The molecule has 2 rings (SSSR count). The second-order valence-corrected chi connectivity index (χ2v) is 5.18. The van der Waals surface area contributed by atoms with Gasteiger partial charge in [-0.2, -0.15) is 10.2 Å². The third-order valence-electron chi connectivity index (χ3n) is 2.61. The van der Waals surface area contributed by atoms with E-state index in [9.17, 15) is 0 Å². The van der Waals surface area contributed by atoms with Crippen molar-refractivity contribution in [3.8, 4) is 11.4 Å². The van der Waals surface area contributed by atoms with E-state index in [1.54, 1.807) is 6.33 Å². The lowest BCUT2D eigenvalue weighted by atomic mass is 10.1. The molecule has 0 atom stereocenters. The molecule has 2 aromatic heterocycles. The zero-order valence-electron chi connectivity index (χ0n) is 10.9. The minimum atomic E-state index is -0.0531. The third kappa shape index (κ3) is 2.18. The molecule has 0 amide bonds. The van der Waals surface area contributed by atoms with E-state index in [1.165, 1.54) is 0 Å². The molecule has 0 spiro atoms. The first-order valence-electron chi connectivity index (χ1n) is 5.61. The number of hydrogen-bond donors (Lipinski definition) is 0. The molecule has 2 aromatic rings. The van der Waals surface area contributed by atoms with Crippen LogP contribution in [0.1, 0.15) is 32.2 Å². The van der Waals surface area contributed by atoms with Gasteiger partial charge in [0, 0.05) is 11.1 Å². The van der Waals surface area contributed by atoms with Crippen molar-refractivity contribution in [3.05, 3.63) is 23.8 Å². The van der Waals surface area contributed by atoms with E-state index in [1.807, 2.05) is 19.9 Å². The highest BCUT2D eigenvalue weighted by molar-refractivity contribution is 5.58. The summed E-state index contributed by atoms with van der Waals surface area (Å²) in [6.45, 7) is 10.2. The van der Waals surface area contributed by atoms with E-state index in [4.69, 9.17) is 0 Å². The first-order chi connectivity index (χ1) is 7.89. The first-order valence-corrected chi connectivity index (χ1v) is 5.61. The molecule has 0 aliphatic heterocycles. The Balaban J connectivity index is 2.61. The molecule has 0 aromatic carbocycles. The zero-order valence-corrected chi connectivity index (χ0v) is 10.9. The molecule has 0 aliphatic carbocycles. The minimum absolute atomic E-state index is 0.0531. The van der Waals surface area contributed by atoms with Gasteiger partial charge in [-0.25, -0.2) is 0 Å². The van der Waals surface area contributed by atoms with Gasteiger partial charge in [-0.1, -0.05) is 0 Å². The summed E-state index contributed by atoms with van der Waals surface area (Å²) in [6.07, 6.45) is 1.75. The summed E-state index contributed by atoms with van der Waals surface area (Å²) in [4.78, 5) is 0. The van der Waals surface area contributed by atoms with Crippen molar-refractivity contribution in [2.45, 2.75) is 40.2 Å². The lowest BCUT2D eigenvalue weighted by Crippen LogP contribution is -2.22. The van der Waals surface area contributed by atoms with Crippen LogP contribution in [0.25, 0.3) is 11.4 Å². The van der Waals surface area contributed by atoms with Crippen LogP contribution < -0.4 is 0 Å². The number of hydrogen-bond acceptors (Lipinski definition) is 4. The van der Waals surface area contributed by atoms with E-state index >= 15 is 0 Å². The van der Waals surface area contributed by atoms with Crippen LogP contribution in [0.5, 0.6) is 0 Å². The molecule has 0 unspecified atom stereocenters. The maximum Gasteiger partial charge on any atom is 0.166 e. The monoisotopic (exact) mass is 231 g/mol. The molecule has 0 bridgehead atoms. The lowest BCUT2D eigenvalue weighted by molar-refractivity contribution is 0.399. The van der Waals surface area contributed by atoms with Crippen molar-refractivity contribution < 1.29 is 0 Å². The van der Waals surface area contributed by atoms with Gasteiger partial charge in [-0.05, 0) is 40.7 Å². The van der Waals surface area contributed by atoms with Crippen molar-refractivity contribution in [1.29, 1.82) is 0 Å². The highest BCUT2D eigenvalue weighted by Gasteiger charge is 2.20. The summed E-state index contributed by atoms with van der Waals surface area (Å²) in [5.74, 6) is 0.841. The van der Waals surface area contributed by atoms with Gasteiger partial charge in [0.25, 0.3) is 0 Å². The molecule has 5 heteroatoms. The van der Waals surface area contributed by atoms with E-state index in [0.29, 0.717) is 0 Å². The maximum absolute atomic E-state index is 4.20. The fourth-order valence-corrected chi connectivity index (χ4v) is 1.69. The van der Waals surface area contributed by atoms with Crippen molar-refractivity contribution in [2.24, 2.45) is 0 Å². The van der Waals surface area contributed by atoms with Crippen molar-refractivity contribution >= 4 is 0 Å². The fraction of sp³-hybridized carbons (Fsp3) is 0.500. The van der Waals surface area contributed by atoms with Crippen LogP contribution >= 0.6 is 0 Å². The first kappa shape index (κ1) is 11.7. The molecule has 2 heterocycles. The molecule has 90 valence electrons. The lowest BCUT2D eigenvalue weighted by Gasteiger charge is -2.22. The number of aryl methyl sites for hydroxylation is 2. The van der Waals surface area contributed by atoms with Crippen molar-refractivity contribution in [3.63, 3.8) is 0 Å². The average Bonchev–Trinajstić information content (AvgIpc) is 2.69. The molecule has 0 N–H and O–H groups in total. The topological polar surface area (TPSA) is 56.5 Å². The van der Waals surface area contributed by atoms with E-state index < -0.39 is 0 Å². The minimum Gasteiger partial charge on any atom is -0.308 e. The van der Waals surface area contributed by atoms with Gasteiger partial charge in [0.05, 0.1) is 11.4 Å². The van der Waals surface area contributed by atoms with Crippen LogP contribution in [0.4, 0.5) is 0 Å². The van der Waals surface area contributed by atoms with Crippen LogP contribution in [0.2, 0.25) is 0 Å². The second-order valence-electron chi connectivity index (χ2n) is 5.18. The van der Waals surface area contributed by atoms with Gasteiger partial charge in [-0.3, -0.25) is 0 Å². The summed E-state index contributed by atoms with van der Waals surface area (Å²) in [6, 6.07) is 1.99. The number of nitrogens with zero attached hydrogens (tertiary/aromatic N) is 5. The van der Waals surface area contributed by atoms with E-state index in [-0.39, 0.29) is 5.54 Å². The average molecular weight is 231 g/mol. The molecule has 0 saturated heterocycles. The molecule has 0 saturated carbocycles. The van der Waals surface area contributed by atoms with E-state index in [2.05, 4.69) is 45.7 Å². The predicted molar refractivity (Wildman–Crippen MR) is 65.5 cm³/mol. The van der Waals surface area contributed by atoms with Crippen molar-refractivity contribution in [1.82, 2.24) is 25.0 Å². The molecular formula is C12H17N5. The highest BCUT2D eigenvalue weighted by Crippen LogP contribution is 2.25. The molecular weight excluding hydrogens is 214 g/mol. The van der Waals surface area contributed by atoms with Gasteiger partial charge < -0.3 is 4.57 Å². The maximum atomic E-state index is 4.20. The standard InChI is InChI=1S/C12H17N5/c1-8-6-10(9(2)15-14-8)11-16-13-7-17(11)12(3,4)5/h6-7H,1-5H3. The van der Waals surface area contributed by atoms with Crippen LogP contribution in [0, 0.1) is 13.8 Å². The molecule has 0 radical (unpaired) electrons. The summed E-state index contributed by atoms with van der Waals surface area (Å²) in [5, 5.41) is 16.4. The fourth-order valence-electron chi connectivity index (χ4n) is 1.69. The van der Waals surface area contributed by atoms with Gasteiger partial charge in [0.1, 0.15) is 6.33 Å². The predicted octanol–water partition coefficient (Wildman–Crippen LogP) is 2.11. The van der Waals surface area contributed by atoms with Crippen LogP contribution in [-0.4, -0.2) is 25.0 Å². The summed E-state index contributed by atoms with van der Waals surface area (Å²) in [7, 11) is 0. The molecule has 17 heavy (non-hydrogen) atoms. The molecule has 5 nitrogen and oxygen atoms in total. The Morgan fingerprint density at radius 3 is 2.41 bits per heavy atom. The summed E-state index contributed by atoms with van der Waals surface area (Å²) < 4.78 is 2.05. The van der Waals surface area contributed by atoms with Crippen LogP contribution in [0.3, 0.4) is 0 Å². The molecule has 0 aliphatic rings. The van der Waals surface area contributed by atoms with Gasteiger partial charge in [-0.15, -0.1) is 10.2 Å². The molecule has 0 fully saturated rings. The van der Waals surface area contributed by atoms with Gasteiger partial charge >= 0.3 is 0 Å². The quantitative estimate of drug-likeness (QED) is 0.754. The largest absolute Gasteiger partial charge is 0.308 e. The Labute approximate surface area is 101 Å². The Bertz CT molecular complexity index is 536. The Morgan fingerprint density at radius 1 is 1.06 bits per heavy atom. The number of aromatic nitrogens is 5. The Kier molecular flexibility index (Phi) is 2.69. The zero-order chi connectivity index (χ0) is 12.6. The normalized spacial score (nSPS) is 11.8. The smallest absolute Gasteiger partial charge is 0.166 e. The number of rotatable bonds is 1. The second kappa shape index (κ2) is 3.91. The van der Waals surface area contributed by atoms with Gasteiger partial charge in [0.2, 0.25) is 0 Å². The Morgan fingerprint density at radius 2 is 1.76 bits per heavy atom. The highest BCUT2D eigenvalue weighted by atomic mass is 15.3. The van der Waals surface area contributed by atoms with E-state index in [0.717, 1.165) is 22.8 Å². The SMILES string of the molecule is Cc1cc(-c2nncn2C(C)(C)C)c(C)nn1. The third-order valence-corrected chi connectivity index (χ3v) is 2.61. The summed E-state index contributed by atoms with van der Waals surface area (Å²) in [5.41, 5.74) is 2.69. The van der Waals surface area contributed by atoms with Crippen molar-refractivity contribution in [2.75, 3.05) is 0 Å². The van der Waals surface area contributed by atoms with Gasteiger partial charge in [0.15, 0.2) is 5.82 Å².